The van der Waals surface area contributed by atoms with Gasteiger partial charge >= 0.3 is 5.97 Å². The standard InChI is InChI=1S/C19H13N3O5/c23-19(12-1-3-14-15(5-12)21-9-20-14)24-8-13-7-17(27-22-13)11-2-4-16-18(6-11)26-10-25-16/h1-7,9H,8,10H2,(H,20,21). The molecule has 0 aliphatic carbocycles. The molecule has 8 heteroatoms. The molecule has 0 unspecified atom stereocenters. The maximum Gasteiger partial charge on any atom is 0.338 e. The molecule has 27 heavy (non-hydrogen) atoms. The van der Waals surface area contributed by atoms with E-state index in [9.17, 15) is 4.79 Å². The molecule has 3 heterocycles. The molecule has 1 N–H and O–H groups in total. The summed E-state index contributed by atoms with van der Waals surface area (Å²) in [6.45, 7) is 0.217. The average Bonchev–Trinajstić information content (AvgIpc) is 3.44. The molecule has 0 radical (unpaired) electrons. The second kappa shape index (κ2) is 6.17. The molecule has 0 spiro atoms. The minimum atomic E-state index is -0.445. The van der Waals surface area contributed by atoms with Crippen molar-refractivity contribution < 1.29 is 23.5 Å². The van der Waals surface area contributed by atoms with Gasteiger partial charge in [-0.15, -0.1) is 0 Å². The molecule has 0 saturated heterocycles. The van der Waals surface area contributed by atoms with Crippen LogP contribution in [-0.4, -0.2) is 27.9 Å². The molecule has 2 aromatic carbocycles. The van der Waals surface area contributed by atoms with E-state index < -0.39 is 5.97 Å². The van der Waals surface area contributed by atoms with E-state index >= 15 is 0 Å². The Morgan fingerprint density at radius 2 is 2.04 bits per heavy atom. The van der Waals surface area contributed by atoms with Crippen molar-refractivity contribution in [3.63, 3.8) is 0 Å². The zero-order valence-electron chi connectivity index (χ0n) is 14.0. The molecule has 1 aliphatic rings. The molecular weight excluding hydrogens is 350 g/mol. The molecule has 4 aromatic rings. The van der Waals surface area contributed by atoms with E-state index in [1.807, 2.05) is 18.2 Å². The van der Waals surface area contributed by atoms with Gasteiger partial charge in [-0.05, 0) is 36.4 Å². The molecule has 0 atom stereocenters. The van der Waals surface area contributed by atoms with Gasteiger partial charge in [0, 0.05) is 11.6 Å². The Labute approximate surface area is 152 Å². The van der Waals surface area contributed by atoms with Gasteiger partial charge in [0.2, 0.25) is 6.79 Å². The largest absolute Gasteiger partial charge is 0.455 e. The van der Waals surface area contributed by atoms with Crippen LogP contribution in [0, 0.1) is 0 Å². The number of hydrogen-bond donors (Lipinski definition) is 1. The Kier molecular flexibility index (Phi) is 3.53. The zero-order chi connectivity index (χ0) is 18.2. The molecule has 0 bridgehead atoms. The fourth-order valence-electron chi connectivity index (χ4n) is 2.85. The zero-order valence-corrected chi connectivity index (χ0v) is 14.0. The second-order valence-electron chi connectivity index (χ2n) is 5.96. The molecule has 1 aliphatic heterocycles. The van der Waals surface area contributed by atoms with Crippen molar-refractivity contribution in [2.24, 2.45) is 0 Å². The summed E-state index contributed by atoms with van der Waals surface area (Å²) in [4.78, 5) is 19.3. The van der Waals surface area contributed by atoms with Crippen LogP contribution in [-0.2, 0) is 11.3 Å². The van der Waals surface area contributed by atoms with Crippen molar-refractivity contribution in [3.05, 3.63) is 60.0 Å². The predicted octanol–water partition coefficient (Wildman–Crippen LogP) is 3.30. The predicted molar refractivity (Wildman–Crippen MR) is 93.3 cm³/mol. The van der Waals surface area contributed by atoms with Crippen LogP contribution in [0.3, 0.4) is 0 Å². The number of rotatable bonds is 4. The highest BCUT2D eigenvalue weighted by Gasteiger charge is 2.16. The van der Waals surface area contributed by atoms with Crippen molar-refractivity contribution in [2.75, 3.05) is 6.79 Å². The van der Waals surface area contributed by atoms with Gasteiger partial charge in [-0.1, -0.05) is 5.16 Å². The van der Waals surface area contributed by atoms with Crippen LogP contribution in [0.2, 0.25) is 0 Å². The maximum atomic E-state index is 12.2. The Morgan fingerprint density at radius 1 is 1.11 bits per heavy atom. The van der Waals surface area contributed by atoms with Gasteiger partial charge < -0.3 is 23.7 Å². The number of benzene rings is 2. The highest BCUT2D eigenvalue weighted by molar-refractivity contribution is 5.93. The summed E-state index contributed by atoms with van der Waals surface area (Å²) in [5, 5.41) is 3.95. The van der Waals surface area contributed by atoms with E-state index in [4.69, 9.17) is 18.7 Å². The number of aromatic amines is 1. The first-order valence-electron chi connectivity index (χ1n) is 8.22. The number of imidazole rings is 1. The average molecular weight is 363 g/mol. The normalized spacial score (nSPS) is 12.4. The molecule has 0 amide bonds. The van der Waals surface area contributed by atoms with E-state index in [-0.39, 0.29) is 13.4 Å². The smallest absolute Gasteiger partial charge is 0.338 e. The minimum absolute atomic E-state index is 0.00784. The maximum absolute atomic E-state index is 12.2. The van der Waals surface area contributed by atoms with E-state index in [2.05, 4.69) is 15.1 Å². The number of H-pyrrole nitrogens is 1. The first-order chi connectivity index (χ1) is 13.3. The minimum Gasteiger partial charge on any atom is -0.455 e. The summed E-state index contributed by atoms with van der Waals surface area (Å²) in [6, 6.07) is 12.3. The van der Waals surface area contributed by atoms with Gasteiger partial charge in [-0.3, -0.25) is 0 Å². The first-order valence-corrected chi connectivity index (χ1v) is 8.22. The SMILES string of the molecule is O=C(OCc1cc(-c2ccc3c(c2)OCO3)on1)c1ccc2nc[nH]c2c1. The Bertz CT molecular complexity index is 1150. The van der Waals surface area contributed by atoms with Crippen LogP contribution >= 0.6 is 0 Å². The molecule has 2 aromatic heterocycles. The molecule has 134 valence electrons. The Hall–Kier alpha value is -3.81. The summed E-state index contributed by atoms with van der Waals surface area (Å²) in [7, 11) is 0. The lowest BCUT2D eigenvalue weighted by Crippen LogP contribution is -2.05. The third kappa shape index (κ3) is 2.86. The summed E-state index contributed by atoms with van der Waals surface area (Å²) in [5.41, 5.74) is 3.31. The number of ether oxygens (including phenoxy) is 3. The number of hydrogen-bond acceptors (Lipinski definition) is 7. The van der Waals surface area contributed by atoms with Crippen LogP contribution in [0.5, 0.6) is 11.5 Å². The van der Waals surface area contributed by atoms with Crippen molar-refractivity contribution in [3.8, 4) is 22.8 Å². The van der Waals surface area contributed by atoms with Crippen LogP contribution in [0.1, 0.15) is 16.1 Å². The van der Waals surface area contributed by atoms with Gasteiger partial charge in [0.15, 0.2) is 17.3 Å². The first kappa shape index (κ1) is 15.4. The van der Waals surface area contributed by atoms with Crippen LogP contribution in [0.15, 0.2) is 53.3 Å². The van der Waals surface area contributed by atoms with Gasteiger partial charge in [-0.25, -0.2) is 9.78 Å². The number of esters is 1. The lowest BCUT2D eigenvalue weighted by atomic mass is 10.1. The van der Waals surface area contributed by atoms with Gasteiger partial charge in [0.25, 0.3) is 0 Å². The molecule has 0 fully saturated rings. The fourth-order valence-corrected chi connectivity index (χ4v) is 2.85. The molecule has 0 saturated carbocycles. The Balaban J connectivity index is 1.28. The lowest BCUT2D eigenvalue weighted by Gasteiger charge is -2.02. The van der Waals surface area contributed by atoms with Crippen LogP contribution < -0.4 is 9.47 Å². The number of nitrogens with one attached hydrogen (secondary N) is 1. The van der Waals surface area contributed by atoms with Crippen molar-refractivity contribution in [1.29, 1.82) is 0 Å². The van der Waals surface area contributed by atoms with Crippen molar-refractivity contribution in [1.82, 2.24) is 15.1 Å². The molecule has 8 nitrogen and oxygen atoms in total. The Morgan fingerprint density at radius 3 is 3.00 bits per heavy atom. The second-order valence-corrected chi connectivity index (χ2v) is 5.96. The third-order valence-electron chi connectivity index (χ3n) is 4.22. The summed E-state index contributed by atoms with van der Waals surface area (Å²) < 4.78 is 21.3. The number of fused-ring (bicyclic) bond motifs is 2. The van der Waals surface area contributed by atoms with Crippen molar-refractivity contribution in [2.45, 2.75) is 6.61 Å². The highest BCUT2D eigenvalue weighted by atomic mass is 16.7. The monoisotopic (exact) mass is 363 g/mol. The van der Waals surface area contributed by atoms with Gasteiger partial charge in [-0.2, -0.15) is 0 Å². The van der Waals surface area contributed by atoms with E-state index in [1.165, 1.54) is 0 Å². The molecule has 5 rings (SSSR count). The van der Waals surface area contributed by atoms with E-state index in [0.717, 1.165) is 16.6 Å². The highest BCUT2D eigenvalue weighted by Crippen LogP contribution is 2.36. The number of carbonyl (C=O) groups is 1. The van der Waals surface area contributed by atoms with Crippen LogP contribution in [0.25, 0.3) is 22.4 Å². The third-order valence-corrected chi connectivity index (χ3v) is 4.22. The van der Waals surface area contributed by atoms with E-state index in [0.29, 0.717) is 28.5 Å². The van der Waals surface area contributed by atoms with Crippen molar-refractivity contribution >= 4 is 17.0 Å². The van der Waals surface area contributed by atoms with Gasteiger partial charge in [0.05, 0.1) is 22.9 Å². The van der Waals surface area contributed by atoms with Crippen LogP contribution in [0.4, 0.5) is 0 Å². The molecular formula is C19H13N3O5. The fraction of sp³-hybridized carbons (Fsp3) is 0.105. The topological polar surface area (TPSA) is 99.5 Å². The van der Waals surface area contributed by atoms with E-state index in [1.54, 1.807) is 30.6 Å². The number of nitrogens with zero attached hydrogens (tertiary/aromatic N) is 2. The summed E-state index contributed by atoms with van der Waals surface area (Å²) in [6.07, 6.45) is 1.58. The summed E-state index contributed by atoms with van der Waals surface area (Å²) in [5.74, 6) is 1.46. The number of aromatic nitrogens is 3. The lowest BCUT2D eigenvalue weighted by molar-refractivity contribution is 0.0464. The quantitative estimate of drug-likeness (QED) is 0.555. The summed E-state index contributed by atoms with van der Waals surface area (Å²) >= 11 is 0. The van der Waals surface area contributed by atoms with Gasteiger partial charge in [0.1, 0.15) is 12.3 Å². The number of carbonyl (C=O) groups excluding carboxylic acids is 1.